The van der Waals surface area contributed by atoms with Crippen molar-refractivity contribution in [1.82, 2.24) is 4.90 Å². The van der Waals surface area contributed by atoms with Crippen molar-refractivity contribution in [2.45, 2.75) is 13.0 Å². The van der Waals surface area contributed by atoms with E-state index in [1.165, 1.54) is 10.5 Å². The van der Waals surface area contributed by atoms with Crippen molar-refractivity contribution in [2.75, 3.05) is 11.4 Å². The number of imide groups is 1. The first-order valence-corrected chi connectivity index (χ1v) is 10.7. The summed E-state index contributed by atoms with van der Waals surface area (Å²) >= 11 is 6.06. The van der Waals surface area contributed by atoms with Crippen LogP contribution in [0.1, 0.15) is 22.3 Å². The summed E-state index contributed by atoms with van der Waals surface area (Å²) in [4.78, 5) is 30.4. The molecule has 0 aliphatic carbocycles. The van der Waals surface area contributed by atoms with Crippen molar-refractivity contribution in [3.05, 3.63) is 106 Å². The third-order valence-electron chi connectivity index (χ3n) is 5.89. The van der Waals surface area contributed by atoms with Crippen LogP contribution in [0.4, 0.5) is 5.69 Å². The highest BCUT2D eigenvalue weighted by Crippen LogP contribution is 2.37. The fourth-order valence-corrected chi connectivity index (χ4v) is 4.42. The fraction of sp³-hybridized carbons (Fsp3) is 0.115. The van der Waals surface area contributed by atoms with Crippen LogP contribution in [0.25, 0.3) is 5.57 Å². The van der Waals surface area contributed by atoms with Gasteiger partial charge in [0, 0.05) is 18.1 Å². The zero-order chi connectivity index (χ0) is 22.2. The highest BCUT2D eigenvalue weighted by Gasteiger charge is 2.43. The summed E-state index contributed by atoms with van der Waals surface area (Å²) in [6.07, 6.45) is 0.798. The van der Waals surface area contributed by atoms with Gasteiger partial charge < -0.3 is 4.90 Å². The summed E-state index contributed by atoms with van der Waals surface area (Å²) in [5.41, 5.74) is 4.74. The lowest BCUT2D eigenvalue weighted by atomic mass is 9.98. The molecule has 0 saturated heterocycles. The van der Waals surface area contributed by atoms with Gasteiger partial charge in [-0.3, -0.25) is 9.59 Å². The van der Waals surface area contributed by atoms with Gasteiger partial charge >= 0.3 is 0 Å². The second kappa shape index (κ2) is 7.99. The summed E-state index contributed by atoms with van der Waals surface area (Å²) in [7, 11) is 0. The molecule has 5 rings (SSSR count). The van der Waals surface area contributed by atoms with Crippen molar-refractivity contribution >= 4 is 34.7 Å². The summed E-state index contributed by atoms with van der Waals surface area (Å²) in [5.74, 6) is -0.736. The molecule has 32 heavy (non-hydrogen) atoms. The molecule has 2 aliphatic rings. The Morgan fingerprint density at radius 2 is 1.53 bits per heavy atom. The molecule has 2 aliphatic heterocycles. The first-order chi connectivity index (χ1) is 15.6. The Labute approximate surface area is 190 Å². The van der Waals surface area contributed by atoms with Crippen molar-refractivity contribution in [2.24, 2.45) is 0 Å². The highest BCUT2D eigenvalue weighted by atomic mass is 35.5. The number of rotatable bonds is 3. The van der Waals surface area contributed by atoms with Crippen molar-refractivity contribution in [3.8, 4) is 6.07 Å². The molecule has 156 valence electrons. The maximum absolute atomic E-state index is 13.6. The molecule has 2 heterocycles. The third-order valence-corrected chi connectivity index (χ3v) is 6.15. The molecular weight excluding hydrogens is 422 g/mol. The van der Waals surface area contributed by atoms with E-state index in [0.29, 0.717) is 46.2 Å². The number of hydrogen-bond donors (Lipinski definition) is 0. The van der Waals surface area contributed by atoms with Crippen LogP contribution in [-0.2, 0) is 22.6 Å². The molecule has 5 nitrogen and oxygen atoms in total. The molecule has 0 atom stereocenters. The first-order valence-electron chi connectivity index (χ1n) is 10.3. The van der Waals surface area contributed by atoms with Gasteiger partial charge in [-0.1, -0.05) is 48.0 Å². The number of nitrogens with zero attached hydrogens (tertiary/aromatic N) is 3. The molecule has 3 aromatic carbocycles. The average molecular weight is 440 g/mol. The molecule has 0 radical (unpaired) electrons. The number of fused-ring (bicyclic) bond motifs is 1. The van der Waals surface area contributed by atoms with Crippen LogP contribution in [0.15, 0.2) is 78.5 Å². The minimum absolute atomic E-state index is 0.357. The zero-order valence-corrected chi connectivity index (χ0v) is 17.8. The minimum Gasteiger partial charge on any atom is -0.362 e. The van der Waals surface area contributed by atoms with Crippen molar-refractivity contribution in [3.63, 3.8) is 0 Å². The lowest BCUT2D eigenvalue weighted by molar-refractivity contribution is -0.120. The number of nitriles is 1. The largest absolute Gasteiger partial charge is 0.362 e. The second-order valence-corrected chi connectivity index (χ2v) is 8.21. The lowest BCUT2D eigenvalue weighted by Gasteiger charge is -2.31. The predicted molar refractivity (Wildman–Crippen MR) is 123 cm³/mol. The van der Waals surface area contributed by atoms with Crippen LogP contribution in [-0.4, -0.2) is 23.3 Å². The predicted octanol–water partition coefficient (Wildman–Crippen LogP) is 4.55. The van der Waals surface area contributed by atoms with E-state index in [1.54, 1.807) is 48.5 Å². The third kappa shape index (κ3) is 3.35. The molecule has 2 amide bonds. The summed E-state index contributed by atoms with van der Waals surface area (Å²) in [5, 5.41) is 9.64. The molecule has 0 spiro atoms. The Morgan fingerprint density at radius 1 is 0.844 bits per heavy atom. The van der Waals surface area contributed by atoms with Gasteiger partial charge in [-0.05, 0) is 59.5 Å². The Bertz CT molecular complexity index is 1300. The smallest absolute Gasteiger partial charge is 0.282 e. The van der Waals surface area contributed by atoms with Crippen molar-refractivity contribution < 1.29 is 9.59 Å². The number of halogens is 1. The highest BCUT2D eigenvalue weighted by molar-refractivity contribution is 6.45. The van der Waals surface area contributed by atoms with Crippen LogP contribution >= 0.6 is 11.6 Å². The quantitative estimate of drug-likeness (QED) is 0.561. The van der Waals surface area contributed by atoms with E-state index >= 15 is 0 Å². The minimum atomic E-state index is -0.379. The monoisotopic (exact) mass is 439 g/mol. The van der Waals surface area contributed by atoms with E-state index in [1.807, 2.05) is 17.0 Å². The van der Waals surface area contributed by atoms with Crippen LogP contribution in [0.3, 0.4) is 0 Å². The van der Waals surface area contributed by atoms with E-state index in [2.05, 4.69) is 18.2 Å². The van der Waals surface area contributed by atoms with E-state index < -0.39 is 0 Å². The number of hydrogen-bond acceptors (Lipinski definition) is 4. The maximum Gasteiger partial charge on any atom is 0.282 e. The van der Waals surface area contributed by atoms with Gasteiger partial charge in [0.2, 0.25) is 0 Å². The van der Waals surface area contributed by atoms with E-state index in [-0.39, 0.29) is 11.8 Å². The van der Waals surface area contributed by atoms with Crippen LogP contribution in [0.5, 0.6) is 0 Å². The molecular formula is C26H18ClN3O2. The topological polar surface area (TPSA) is 64.4 Å². The number of anilines is 1. The van der Waals surface area contributed by atoms with Crippen LogP contribution in [0, 0.1) is 11.3 Å². The maximum atomic E-state index is 13.6. The first kappa shape index (κ1) is 20.0. The standard InChI is InChI=1S/C26H18ClN3O2/c27-21-9-7-19(8-10-21)23-24(29-14-13-18-3-1-2-4-20(18)16-29)26(32)30(25(23)31)22-11-5-17(15-28)6-12-22/h1-12H,13-14,16H2. The normalized spacial score (nSPS) is 15.8. The van der Waals surface area contributed by atoms with Crippen LogP contribution in [0.2, 0.25) is 5.02 Å². The van der Waals surface area contributed by atoms with Gasteiger partial charge in [-0.15, -0.1) is 0 Å². The summed E-state index contributed by atoms with van der Waals surface area (Å²) < 4.78 is 0. The Kier molecular flexibility index (Phi) is 5.01. The van der Waals surface area contributed by atoms with Gasteiger partial charge in [-0.2, -0.15) is 5.26 Å². The molecule has 6 heteroatoms. The van der Waals surface area contributed by atoms with Gasteiger partial charge in [0.15, 0.2) is 0 Å². The Morgan fingerprint density at radius 3 is 2.22 bits per heavy atom. The SMILES string of the molecule is N#Cc1ccc(N2C(=O)C(c3ccc(Cl)cc3)=C(N3CCc4ccccc4C3)C2=O)cc1. The van der Waals surface area contributed by atoms with Gasteiger partial charge in [0.25, 0.3) is 11.8 Å². The molecule has 0 fully saturated rings. The number of amides is 2. The van der Waals surface area contributed by atoms with Gasteiger partial charge in [-0.25, -0.2) is 4.90 Å². The molecule has 0 N–H and O–H groups in total. The number of carbonyl (C=O) groups is 2. The fourth-order valence-electron chi connectivity index (χ4n) is 4.29. The van der Waals surface area contributed by atoms with Crippen molar-refractivity contribution in [1.29, 1.82) is 5.26 Å². The van der Waals surface area contributed by atoms with E-state index in [9.17, 15) is 9.59 Å². The van der Waals surface area contributed by atoms with Gasteiger partial charge in [0.1, 0.15) is 5.70 Å². The Balaban J connectivity index is 1.60. The Hall–Kier alpha value is -3.88. The summed E-state index contributed by atoms with van der Waals surface area (Å²) in [6.45, 7) is 1.20. The molecule has 3 aromatic rings. The lowest BCUT2D eigenvalue weighted by Crippen LogP contribution is -2.37. The zero-order valence-electron chi connectivity index (χ0n) is 17.1. The van der Waals surface area contributed by atoms with E-state index in [4.69, 9.17) is 16.9 Å². The molecule has 0 unspecified atom stereocenters. The number of benzene rings is 3. The average Bonchev–Trinajstić information content (AvgIpc) is 3.09. The second-order valence-electron chi connectivity index (χ2n) is 7.78. The molecule has 0 saturated carbocycles. The van der Waals surface area contributed by atoms with Crippen LogP contribution < -0.4 is 4.90 Å². The van der Waals surface area contributed by atoms with E-state index in [0.717, 1.165) is 12.0 Å². The summed E-state index contributed by atoms with van der Waals surface area (Å²) in [6, 6.07) is 23.7. The number of carbonyl (C=O) groups excluding carboxylic acids is 2. The molecule has 0 aromatic heterocycles. The molecule has 0 bridgehead atoms. The van der Waals surface area contributed by atoms with Gasteiger partial charge in [0.05, 0.1) is 22.9 Å².